The standard InChI is InChI=1S/C27H27F3N6O2/c28-27(29,30)16-35-13-18-12-34(14-23(18)32-35)20-3-4-21-22(11-20)31-8-5-24(21)38-25-15-36(19-1-2-19)33-26(25)17-6-9-37-10-7-17/h3-5,8,11,13,15,17,19H,1-2,6-7,9-10,12,14,16H2. The predicted molar refractivity (Wildman–Crippen MR) is 133 cm³/mol. The first-order valence-corrected chi connectivity index (χ1v) is 13.0. The Bertz CT molecular complexity index is 1460. The molecule has 198 valence electrons. The second-order valence-corrected chi connectivity index (χ2v) is 10.4. The van der Waals surface area contributed by atoms with Gasteiger partial charge in [-0.05, 0) is 49.9 Å². The van der Waals surface area contributed by atoms with Crippen molar-refractivity contribution in [3.63, 3.8) is 0 Å². The van der Waals surface area contributed by atoms with Crippen LogP contribution in [0.3, 0.4) is 0 Å². The lowest BCUT2D eigenvalue weighted by atomic mass is 9.96. The molecular weight excluding hydrogens is 497 g/mol. The van der Waals surface area contributed by atoms with E-state index in [0.29, 0.717) is 30.7 Å². The number of ether oxygens (including phenoxy) is 2. The molecule has 5 heterocycles. The number of halogens is 3. The summed E-state index contributed by atoms with van der Waals surface area (Å²) in [5.74, 6) is 1.83. The average molecular weight is 525 g/mol. The zero-order chi connectivity index (χ0) is 25.9. The van der Waals surface area contributed by atoms with Gasteiger partial charge in [-0.2, -0.15) is 23.4 Å². The Morgan fingerprint density at radius 2 is 1.82 bits per heavy atom. The first-order valence-electron chi connectivity index (χ1n) is 13.0. The number of hydrogen-bond acceptors (Lipinski definition) is 6. The third-order valence-corrected chi connectivity index (χ3v) is 7.49. The van der Waals surface area contributed by atoms with Crippen molar-refractivity contribution in [2.45, 2.75) is 63.5 Å². The highest BCUT2D eigenvalue weighted by Gasteiger charge is 2.32. The molecule has 0 spiro atoms. The normalized spacial score (nSPS) is 18.3. The van der Waals surface area contributed by atoms with Crippen LogP contribution in [0.4, 0.5) is 18.9 Å². The molecule has 0 bridgehead atoms. The van der Waals surface area contributed by atoms with E-state index in [2.05, 4.69) is 19.7 Å². The molecule has 11 heteroatoms. The molecule has 0 amide bonds. The maximum Gasteiger partial charge on any atom is 0.408 e. The Hall–Kier alpha value is -3.60. The Kier molecular flexibility index (Phi) is 5.57. The quantitative estimate of drug-likeness (QED) is 0.321. The number of anilines is 1. The molecule has 1 aromatic carbocycles. The highest BCUT2D eigenvalue weighted by Crippen LogP contribution is 2.42. The number of rotatable bonds is 6. The van der Waals surface area contributed by atoms with E-state index in [1.54, 1.807) is 6.20 Å². The van der Waals surface area contributed by atoms with Gasteiger partial charge in [0, 0.05) is 54.7 Å². The van der Waals surface area contributed by atoms with E-state index in [1.807, 2.05) is 30.5 Å². The minimum absolute atomic E-state index is 0.317. The van der Waals surface area contributed by atoms with Crippen molar-refractivity contribution >= 4 is 16.6 Å². The van der Waals surface area contributed by atoms with Crippen molar-refractivity contribution in [3.05, 3.63) is 59.8 Å². The Labute approximate surface area is 217 Å². The molecule has 3 aliphatic rings. The molecule has 0 atom stereocenters. The van der Waals surface area contributed by atoms with Crippen LogP contribution in [-0.2, 0) is 24.4 Å². The predicted octanol–water partition coefficient (Wildman–Crippen LogP) is 5.73. The van der Waals surface area contributed by atoms with E-state index >= 15 is 0 Å². The molecule has 4 aromatic rings. The monoisotopic (exact) mass is 524 g/mol. The van der Waals surface area contributed by atoms with Crippen LogP contribution in [0.5, 0.6) is 11.5 Å². The third-order valence-electron chi connectivity index (χ3n) is 7.49. The van der Waals surface area contributed by atoms with Gasteiger partial charge in [0.1, 0.15) is 18.0 Å². The van der Waals surface area contributed by atoms with Gasteiger partial charge in [-0.15, -0.1) is 0 Å². The molecule has 1 aliphatic carbocycles. The van der Waals surface area contributed by atoms with Gasteiger partial charge in [-0.3, -0.25) is 14.3 Å². The van der Waals surface area contributed by atoms with Crippen molar-refractivity contribution in [1.29, 1.82) is 0 Å². The molecule has 0 radical (unpaired) electrons. The number of hydrogen-bond donors (Lipinski definition) is 0. The van der Waals surface area contributed by atoms with Crippen molar-refractivity contribution < 1.29 is 22.6 Å². The molecule has 0 N–H and O–H groups in total. The Morgan fingerprint density at radius 1 is 0.974 bits per heavy atom. The van der Waals surface area contributed by atoms with Gasteiger partial charge in [0.25, 0.3) is 0 Å². The summed E-state index contributed by atoms with van der Waals surface area (Å²) in [5.41, 5.74) is 4.21. The molecule has 0 unspecified atom stereocenters. The molecule has 38 heavy (non-hydrogen) atoms. The molecule has 8 nitrogen and oxygen atoms in total. The molecule has 1 saturated carbocycles. The third kappa shape index (κ3) is 4.59. The van der Waals surface area contributed by atoms with E-state index in [-0.39, 0.29) is 0 Å². The number of pyridine rings is 1. The van der Waals surface area contributed by atoms with Crippen LogP contribution in [0.25, 0.3) is 10.9 Å². The minimum Gasteiger partial charge on any atom is -0.453 e. The summed E-state index contributed by atoms with van der Waals surface area (Å²) >= 11 is 0. The van der Waals surface area contributed by atoms with E-state index in [1.165, 1.54) is 6.20 Å². The number of aromatic nitrogens is 5. The zero-order valence-corrected chi connectivity index (χ0v) is 20.7. The second-order valence-electron chi connectivity index (χ2n) is 10.4. The summed E-state index contributed by atoms with van der Waals surface area (Å²) in [7, 11) is 0. The number of benzene rings is 1. The SMILES string of the molecule is FC(F)(F)Cn1cc2c(n1)CN(c1ccc3c(Oc4cn(C5CC5)nc4C4CCOCC4)ccnc3c1)C2. The molecule has 3 aromatic heterocycles. The molecule has 2 fully saturated rings. The van der Waals surface area contributed by atoms with Crippen LogP contribution in [0.15, 0.2) is 42.9 Å². The van der Waals surface area contributed by atoms with Gasteiger partial charge >= 0.3 is 6.18 Å². The molecule has 1 saturated heterocycles. The first-order chi connectivity index (χ1) is 18.4. The Balaban J connectivity index is 1.13. The maximum absolute atomic E-state index is 12.7. The van der Waals surface area contributed by atoms with Gasteiger partial charge in [0.2, 0.25) is 0 Å². The van der Waals surface area contributed by atoms with Gasteiger partial charge in [-0.25, -0.2) is 0 Å². The van der Waals surface area contributed by atoms with E-state index < -0.39 is 12.7 Å². The van der Waals surface area contributed by atoms with Crippen LogP contribution >= 0.6 is 0 Å². The lowest BCUT2D eigenvalue weighted by Crippen LogP contribution is -2.20. The van der Waals surface area contributed by atoms with Crippen LogP contribution in [0.1, 0.15) is 54.6 Å². The van der Waals surface area contributed by atoms with Crippen molar-refractivity contribution in [2.24, 2.45) is 0 Å². The Morgan fingerprint density at radius 3 is 2.58 bits per heavy atom. The number of alkyl halides is 3. The fourth-order valence-electron chi connectivity index (χ4n) is 5.42. The van der Waals surface area contributed by atoms with Gasteiger partial charge in [0.05, 0.1) is 30.0 Å². The summed E-state index contributed by atoms with van der Waals surface area (Å²) in [5, 5.41) is 9.96. The van der Waals surface area contributed by atoms with Crippen LogP contribution in [0.2, 0.25) is 0 Å². The van der Waals surface area contributed by atoms with E-state index in [0.717, 1.165) is 82.9 Å². The van der Waals surface area contributed by atoms with E-state index in [9.17, 15) is 13.2 Å². The summed E-state index contributed by atoms with van der Waals surface area (Å²) < 4.78 is 53.3. The number of fused-ring (bicyclic) bond motifs is 2. The average Bonchev–Trinajstić information content (AvgIpc) is 3.39. The van der Waals surface area contributed by atoms with Crippen LogP contribution in [0, 0.1) is 0 Å². The molecular formula is C27H27F3N6O2. The summed E-state index contributed by atoms with van der Waals surface area (Å²) in [6.45, 7) is 1.36. The van der Waals surface area contributed by atoms with Crippen molar-refractivity contribution in [2.75, 3.05) is 18.1 Å². The number of nitrogens with zero attached hydrogens (tertiary/aromatic N) is 6. The van der Waals surface area contributed by atoms with Gasteiger partial charge < -0.3 is 14.4 Å². The lowest BCUT2D eigenvalue weighted by Gasteiger charge is -2.21. The highest BCUT2D eigenvalue weighted by molar-refractivity contribution is 5.88. The fourth-order valence-corrected chi connectivity index (χ4v) is 5.42. The van der Waals surface area contributed by atoms with Crippen molar-refractivity contribution in [3.8, 4) is 11.5 Å². The summed E-state index contributed by atoms with van der Waals surface area (Å²) in [6, 6.07) is 8.32. The smallest absolute Gasteiger partial charge is 0.408 e. The molecule has 2 aliphatic heterocycles. The van der Waals surface area contributed by atoms with Gasteiger partial charge in [-0.1, -0.05) is 0 Å². The fraction of sp³-hybridized carbons (Fsp3) is 0.444. The van der Waals surface area contributed by atoms with Crippen LogP contribution < -0.4 is 9.64 Å². The largest absolute Gasteiger partial charge is 0.453 e. The second kappa shape index (κ2) is 9.00. The van der Waals surface area contributed by atoms with Crippen molar-refractivity contribution in [1.82, 2.24) is 24.5 Å². The minimum atomic E-state index is -4.29. The highest BCUT2D eigenvalue weighted by atomic mass is 19.4. The van der Waals surface area contributed by atoms with Gasteiger partial charge in [0.15, 0.2) is 5.75 Å². The molecule has 7 rings (SSSR count). The maximum atomic E-state index is 12.7. The summed E-state index contributed by atoms with van der Waals surface area (Å²) in [6.07, 6.45) is 5.14. The first kappa shape index (κ1) is 23.5. The lowest BCUT2D eigenvalue weighted by molar-refractivity contribution is -0.142. The zero-order valence-electron chi connectivity index (χ0n) is 20.7. The summed E-state index contributed by atoms with van der Waals surface area (Å²) in [4.78, 5) is 6.66. The topological polar surface area (TPSA) is 70.2 Å². The van der Waals surface area contributed by atoms with E-state index in [4.69, 9.17) is 14.6 Å². The van der Waals surface area contributed by atoms with Crippen LogP contribution in [-0.4, -0.2) is 43.9 Å².